The van der Waals surface area contributed by atoms with Gasteiger partial charge in [-0.3, -0.25) is 0 Å². The molecule has 2 aromatic rings. The molecule has 0 unspecified atom stereocenters. The predicted molar refractivity (Wildman–Crippen MR) is 146 cm³/mol. The molecule has 0 spiro atoms. The van der Waals surface area contributed by atoms with E-state index in [1.807, 2.05) is 18.2 Å². The number of anilines is 2. The minimum Gasteiger partial charge on any atom is -0.394 e. The Bertz CT molecular complexity index is 1290. The lowest BCUT2D eigenvalue weighted by atomic mass is 9.81. The fraction of sp³-hybridized carbons (Fsp3) is 0.593. The average molecular weight is 544 g/mol. The number of aromatic nitrogens is 2. The van der Waals surface area contributed by atoms with Crippen molar-refractivity contribution < 1.29 is 23.1 Å². The second kappa shape index (κ2) is 10.1. The summed E-state index contributed by atoms with van der Waals surface area (Å²) in [4.78, 5) is 24.2. The molecule has 10 nitrogen and oxygen atoms in total. The summed E-state index contributed by atoms with van der Waals surface area (Å²) in [6.45, 7) is 7.17. The molecular weight excluding hydrogens is 506 g/mol. The third-order valence-corrected chi connectivity index (χ3v) is 10.8. The van der Waals surface area contributed by atoms with Crippen molar-refractivity contribution in [1.29, 1.82) is 0 Å². The van der Waals surface area contributed by atoms with Crippen LogP contribution in [0.25, 0.3) is 11.4 Å². The Labute approximate surface area is 224 Å². The zero-order valence-electron chi connectivity index (χ0n) is 22.2. The number of rotatable bonds is 8. The number of nitrogens with zero attached hydrogens (tertiary/aromatic N) is 3. The molecule has 1 aromatic carbocycles. The maximum absolute atomic E-state index is 13.6. The van der Waals surface area contributed by atoms with Crippen molar-refractivity contribution >= 4 is 27.4 Å². The highest BCUT2D eigenvalue weighted by atomic mass is 32.2. The van der Waals surface area contributed by atoms with Crippen molar-refractivity contribution in [1.82, 2.24) is 15.3 Å². The van der Waals surface area contributed by atoms with E-state index < -0.39 is 26.2 Å². The third-order valence-electron chi connectivity index (χ3n) is 7.76. The second-order valence-corrected chi connectivity index (χ2v) is 13.9. The van der Waals surface area contributed by atoms with Crippen LogP contribution in [0, 0.1) is 0 Å². The van der Waals surface area contributed by atoms with Crippen LogP contribution in [0.15, 0.2) is 30.3 Å². The molecule has 2 amide bonds. The predicted octanol–water partition coefficient (Wildman–Crippen LogP) is 3.22. The minimum absolute atomic E-state index is 0.102. The molecule has 2 aliphatic carbocycles. The highest BCUT2D eigenvalue weighted by Crippen LogP contribution is 2.53. The number of hydrogen-bond donors (Lipinski definition) is 3. The number of urea groups is 1. The summed E-state index contributed by atoms with van der Waals surface area (Å²) < 4.78 is 31.9. The summed E-state index contributed by atoms with van der Waals surface area (Å²) >= 11 is 0. The number of carbonyl (C=O) groups is 1. The van der Waals surface area contributed by atoms with Crippen LogP contribution in [0.3, 0.4) is 0 Å². The van der Waals surface area contributed by atoms with Crippen LogP contribution < -0.4 is 15.5 Å². The fourth-order valence-electron chi connectivity index (χ4n) is 5.11. The molecule has 1 atom stereocenters. The van der Waals surface area contributed by atoms with E-state index in [1.165, 1.54) is 0 Å². The lowest BCUT2D eigenvalue weighted by molar-refractivity contribution is 0.0985. The molecule has 38 heavy (non-hydrogen) atoms. The van der Waals surface area contributed by atoms with Crippen molar-refractivity contribution in [3.63, 3.8) is 0 Å². The topological polar surface area (TPSA) is 134 Å². The maximum Gasteiger partial charge on any atom is 0.319 e. The molecule has 0 radical (unpaired) electrons. The first kappa shape index (κ1) is 26.8. The van der Waals surface area contributed by atoms with E-state index in [9.17, 15) is 18.3 Å². The Morgan fingerprint density at radius 1 is 1.21 bits per heavy atom. The van der Waals surface area contributed by atoms with Gasteiger partial charge < -0.3 is 25.4 Å². The Morgan fingerprint density at radius 2 is 1.92 bits per heavy atom. The Kier molecular flexibility index (Phi) is 7.12. The van der Waals surface area contributed by atoms with E-state index in [0.29, 0.717) is 55.6 Å². The van der Waals surface area contributed by atoms with Crippen LogP contribution in [-0.4, -0.2) is 72.7 Å². The van der Waals surface area contributed by atoms with Crippen LogP contribution in [-0.2, 0) is 19.3 Å². The zero-order chi connectivity index (χ0) is 27.1. The van der Waals surface area contributed by atoms with Gasteiger partial charge in [0, 0.05) is 23.9 Å². The van der Waals surface area contributed by atoms with Crippen LogP contribution in [0.1, 0.15) is 58.6 Å². The van der Waals surface area contributed by atoms with Crippen molar-refractivity contribution in [2.45, 2.75) is 74.5 Å². The highest BCUT2D eigenvalue weighted by molar-refractivity contribution is 7.93. The minimum atomic E-state index is -3.35. The third kappa shape index (κ3) is 5.11. The number of aliphatic hydroxyl groups is 1. The van der Waals surface area contributed by atoms with E-state index in [0.717, 1.165) is 24.8 Å². The van der Waals surface area contributed by atoms with Gasteiger partial charge in [0.15, 0.2) is 15.7 Å². The number of aliphatic hydroxyl groups excluding tert-OH is 1. The quantitative estimate of drug-likeness (QED) is 0.462. The summed E-state index contributed by atoms with van der Waals surface area (Å²) in [5, 5.41) is 14.6. The van der Waals surface area contributed by atoms with Gasteiger partial charge in [-0.25, -0.2) is 23.2 Å². The molecule has 5 rings (SSSR count). The van der Waals surface area contributed by atoms with Gasteiger partial charge in [0.2, 0.25) is 0 Å². The highest BCUT2D eigenvalue weighted by Gasteiger charge is 2.57. The van der Waals surface area contributed by atoms with Crippen LogP contribution in [0.4, 0.5) is 16.3 Å². The number of nitrogens with one attached hydrogen (secondary N) is 2. The van der Waals surface area contributed by atoms with Gasteiger partial charge in [-0.1, -0.05) is 0 Å². The summed E-state index contributed by atoms with van der Waals surface area (Å²) in [5.74, 6) is 1.18. The van der Waals surface area contributed by atoms with E-state index in [2.05, 4.69) is 22.5 Å². The average Bonchev–Trinajstić information content (AvgIpc) is 3.70. The summed E-state index contributed by atoms with van der Waals surface area (Å²) in [7, 11) is -3.35. The first-order valence-corrected chi connectivity index (χ1v) is 14.9. The lowest BCUT2D eigenvalue weighted by Crippen LogP contribution is -2.48. The smallest absolute Gasteiger partial charge is 0.319 e. The van der Waals surface area contributed by atoms with Gasteiger partial charge >= 0.3 is 6.03 Å². The van der Waals surface area contributed by atoms with Crippen molar-refractivity contribution in [2.75, 3.05) is 36.6 Å². The molecule has 0 bridgehead atoms. The normalized spacial score (nSPS) is 21.5. The molecule has 1 aromatic heterocycles. The number of carbonyl (C=O) groups excluding carboxylic acids is 1. The van der Waals surface area contributed by atoms with Crippen molar-refractivity contribution in [3.05, 3.63) is 36.0 Å². The van der Waals surface area contributed by atoms with Gasteiger partial charge in [0.1, 0.15) is 10.6 Å². The standard InChI is InChI=1S/C27H37N5O5S/c1-18-16-37-14-13-32(18)23-15-22(27(11-4-12-27)38(35,36)21-9-10-21)29-24(30-23)19-5-7-20(8-6-19)28-25(34)31-26(2,3)17-33/h5-8,15,18,21,33H,4,9-14,16-17H2,1-3H3,(H2,28,31,34)/t18-/m0/s1. The number of sulfone groups is 1. The molecular formula is C27H37N5O5S. The first-order chi connectivity index (χ1) is 18.0. The van der Waals surface area contributed by atoms with Gasteiger partial charge in [-0.05, 0) is 77.1 Å². The van der Waals surface area contributed by atoms with E-state index >= 15 is 0 Å². The molecule has 2 heterocycles. The molecule has 3 aliphatic rings. The first-order valence-electron chi connectivity index (χ1n) is 13.3. The Balaban J connectivity index is 1.49. The van der Waals surface area contributed by atoms with Gasteiger partial charge in [-0.15, -0.1) is 0 Å². The maximum atomic E-state index is 13.6. The van der Waals surface area contributed by atoms with Gasteiger partial charge in [-0.2, -0.15) is 0 Å². The van der Waals surface area contributed by atoms with Gasteiger partial charge in [0.25, 0.3) is 0 Å². The van der Waals surface area contributed by atoms with Crippen LogP contribution in [0.2, 0.25) is 0 Å². The molecule has 3 N–H and O–H groups in total. The van der Waals surface area contributed by atoms with E-state index in [1.54, 1.807) is 26.0 Å². The number of amides is 2. The molecule has 11 heteroatoms. The van der Waals surface area contributed by atoms with E-state index in [-0.39, 0.29) is 17.9 Å². The molecule has 206 valence electrons. The van der Waals surface area contributed by atoms with Crippen molar-refractivity contribution in [2.24, 2.45) is 0 Å². The second-order valence-electron chi connectivity index (χ2n) is 11.3. The number of ether oxygens (including phenoxy) is 1. The summed E-state index contributed by atoms with van der Waals surface area (Å²) in [6, 6.07) is 8.72. The monoisotopic (exact) mass is 543 g/mol. The fourth-order valence-corrected chi connectivity index (χ4v) is 7.75. The number of hydrogen-bond acceptors (Lipinski definition) is 8. The zero-order valence-corrected chi connectivity index (χ0v) is 23.1. The Hall–Kier alpha value is -2.76. The molecule has 1 saturated heterocycles. The SMILES string of the molecule is C[C@H]1COCCN1c1cc(C2(S(=O)(=O)C3CC3)CCC2)nc(-c2ccc(NC(=O)NC(C)(C)CO)cc2)n1. The Morgan fingerprint density at radius 3 is 2.50 bits per heavy atom. The number of morpholine rings is 1. The molecule has 2 saturated carbocycles. The number of benzene rings is 1. The molecule has 3 fully saturated rings. The van der Waals surface area contributed by atoms with Crippen molar-refractivity contribution in [3.8, 4) is 11.4 Å². The largest absolute Gasteiger partial charge is 0.394 e. The molecule has 1 aliphatic heterocycles. The lowest BCUT2D eigenvalue weighted by Gasteiger charge is -2.41. The summed E-state index contributed by atoms with van der Waals surface area (Å²) in [5.41, 5.74) is 1.14. The summed E-state index contributed by atoms with van der Waals surface area (Å²) in [6.07, 6.45) is 3.50. The van der Waals surface area contributed by atoms with Gasteiger partial charge in [0.05, 0.1) is 42.3 Å². The van der Waals surface area contributed by atoms with E-state index in [4.69, 9.17) is 14.7 Å². The van der Waals surface area contributed by atoms with Crippen LogP contribution >= 0.6 is 0 Å². The van der Waals surface area contributed by atoms with Crippen LogP contribution in [0.5, 0.6) is 0 Å².